The predicted molar refractivity (Wildman–Crippen MR) is 55.0 cm³/mol. The lowest BCUT2D eigenvalue weighted by Crippen LogP contribution is -3.61. The molecule has 2 heterocycles. The van der Waals surface area contributed by atoms with E-state index in [4.69, 9.17) is 8.83 Å². The van der Waals surface area contributed by atoms with Crippen LogP contribution in [0.15, 0.2) is 46.3 Å². The summed E-state index contributed by atoms with van der Waals surface area (Å²) in [7, 11) is 0. The first-order chi connectivity index (χ1) is 7.31. The van der Waals surface area contributed by atoms with Gasteiger partial charge in [-0.25, -0.2) is 0 Å². The fraction of sp³-hybridized carbons (Fsp3) is 0. The highest BCUT2D eigenvalue weighted by Gasteiger charge is 2.23. The van der Waals surface area contributed by atoms with Gasteiger partial charge >= 0.3 is 28.7 Å². The molecule has 15 heavy (non-hydrogen) atoms. The number of halogens is 1. The highest BCUT2D eigenvalue weighted by molar-refractivity contribution is 5.38. The zero-order chi connectivity index (χ0) is 10.7. The SMILES string of the molecule is C=Cc1ccc([I+]c2ccc(C=C)o2)o1. The maximum atomic E-state index is 5.52. The minimum atomic E-state index is -0.371. The minimum absolute atomic E-state index is 0.371. The maximum absolute atomic E-state index is 5.52. The van der Waals surface area contributed by atoms with Gasteiger partial charge < -0.3 is 8.83 Å². The Kier molecular flexibility index (Phi) is 3.11. The van der Waals surface area contributed by atoms with Gasteiger partial charge in [-0.2, -0.15) is 0 Å². The molecule has 0 bridgehead atoms. The van der Waals surface area contributed by atoms with Crippen molar-refractivity contribution in [3.8, 4) is 0 Å². The Bertz CT molecular complexity index is 435. The molecule has 0 saturated carbocycles. The third-order valence-electron chi connectivity index (χ3n) is 1.78. The molecule has 2 rings (SSSR count). The molecule has 2 nitrogen and oxygen atoms in total. The summed E-state index contributed by atoms with van der Waals surface area (Å²) in [5.74, 6) is 1.61. The Morgan fingerprint density at radius 1 is 0.867 bits per heavy atom. The molecular weight excluding hydrogens is 303 g/mol. The lowest BCUT2D eigenvalue weighted by molar-refractivity contribution is -0.636. The molecule has 0 atom stereocenters. The van der Waals surface area contributed by atoms with Crippen LogP contribution in [0.1, 0.15) is 11.5 Å². The van der Waals surface area contributed by atoms with Gasteiger partial charge in [0.05, 0.1) is 0 Å². The van der Waals surface area contributed by atoms with Crippen molar-refractivity contribution in [3.05, 3.63) is 56.5 Å². The van der Waals surface area contributed by atoms with Crippen LogP contribution >= 0.6 is 0 Å². The molecular formula is C12H10IO2+. The lowest BCUT2D eigenvalue weighted by Gasteiger charge is -1.78. The molecule has 0 amide bonds. The first kappa shape index (κ1) is 10.3. The summed E-state index contributed by atoms with van der Waals surface area (Å²) in [6.07, 6.45) is 3.40. The average molecular weight is 313 g/mol. The van der Waals surface area contributed by atoms with E-state index in [2.05, 4.69) is 13.2 Å². The van der Waals surface area contributed by atoms with Crippen molar-refractivity contribution in [2.24, 2.45) is 0 Å². The van der Waals surface area contributed by atoms with Gasteiger partial charge in [0.25, 0.3) is 0 Å². The predicted octanol–water partition coefficient (Wildman–Crippen LogP) is 0.287. The van der Waals surface area contributed by atoms with Gasteiger partial charge in [0.2, 0.25) is 0 Å². The van der Waals surface area contributed by atoms with Crippen LogP contribution in [0.4, 0.5) is 0 Å². The van der Waals surface area contributed by atoms with E-state index in [9.17, 15) is 0 Å². The zero-order valence-electron chi connectivity index (χ0n) is 8.07. The van der Waals surface area contributed by atoms with Crippen LogP contribution in [0.3, 0.4) is 0 Å². The molecule has 3 heteroatoms. The number of rotatable bonds is 4. The molecule has 0 spiro atoms. The maximum Gasteiger partial charge on any atom is 0.443 e. The van der Waals surface area contributed by atoms with E-state index in [1.165, 1.54) is 0 Å². The van der Waals surface area contributed by atoms with Crippen molar-refractivity contribution in [1.82, 2.24) is 0 Å². The normalized spacial score (nSPS) is 10.1. The van der Waals surface area contributed by atoms with Crippen LogP contribution in [0, 0.1) is 7.53 Å². The zero-order valence-corrected chi connectivity index (χ0v) is 10.2. The van der Waals surface area contributed by atoms with Crippen molar-refractivity contribution in [2.75, 3.05) is 0 Å². The average Bonchev–Trinajstić information content (AvgIpc) is 2.87. The summed E-state index contributed by atoms with van der Waals surface area (Å²) >= 11 is -0.371. The second-order valence-electron chi connectivity index (χ2n) is 2.79. The quantitative estimate of drug-likeness (QED) is 0.759. The van der Waals surface area contributed by atoms with Crippen LogP contribution < -0.4 is 21.2 Å². The molecule has 0 fully saturated rings. The van der Waals surface area contributed by atoms with E-state index in [1.54, 1.807) is 12.2 Å². The van der Waals surface area contributed by atoms with Gasteiger partial charge in [0, 0.05) is 12.1 Å². The third-order valence-corrected chi connectivity index (χ3v) is 4.00. The highest BCUT2D eigenvalue weighted by atomic mass is 127. The van der Waals surface area contributed by atoms with Gasteiger partial charge in [-0.05, 0) is 24.3 Å². The van der Waals surface area contributed by atoms with Crippen molar-refractivity contribution in [1.29, 1.82) is 0 Å². The molecule has 0 N–H and O–H groups in total. The van der Waals surface area contributed by atoms with E-state index in [-0.39, 0.29) is 21.2 Å². The number of hydrogen-bond acceptors (Lipinski definition) is 2. The summed E-state index contributed by atoms with van der Waals surface area (Å²) in [5.41, 5.74) is 0. The Hall–Kier alpha value is -1.23. The van der Waals surface area contributed by atoms with E-state index in [0.29, 0.717) is 0 Å². The Balaban J connectivity index is 2.13. The van der Waals surface area contributed by atoms with Gasteiger partial charge in [-0.1, -0.05) is 13.2 Å². The van der Waals surface area contributed by atoms with Crippen LogP contribution in [0.2, 0.25) is 0 Å². The fourth-order valence-electron chi connectivity index (χ4n) is 1.07. The van der Waals surface area contributed by atoms with Crippen molar-refractivity contribution < 1.29 is 30.0 Å². The van der Waals surface area contributed by atoms with Crippen LogP contribution in [-0.2, 0) is 0 Å². The number of furan rings is 2. The van der Waals surface area contributed by atoms with E-state index in [0.717, 1.165) is 19.1 Å². The fourth-order valence-corrected chi connectivity index (χ4v) is 3.04. The second-order valence-corrected chi connectivity index (χ2v) is 5.45. The summed E-state index contributed by atoms with van der Waals surface area (Å²) < 4.78 is 13.0. The summed E-state index contributed by atoms with van der Waals surface area (Å²) in [4.78, 5) is 0. The van der Waals surface area contributed by atoms with Crippen molar-refractivity contribution in [3.63, 3.8) is 0 Å². The van der Waals surface area contributed by atoms with Gasteiger partial charge in [0.15, 0.2) is 0 Å². The van der Waals surface area contributed by atoms with Gasteiger partial charge in [-0.15, -0.1) is 0 Å². The van der Waals surface area contributed by atoms with Gasteiger partial charge in [0.1, 0.15) is 11.5 Å². The molecule has 0 aliphatic heterocycles. The molecule has 0 aromatic carbocycles. The monoisotopic (exact) mass is 313 g/mol. The molecule has 76 valence electrons. The van der Waals surface area contributed by atoms with E-state index >= 15 is 0 Å². The molecule has 0 aliphatic rings. The van der Waals surface area contributed by atoms with Crippen molar-refractivity contribution >= 4 is 12.2 Å². The van der Waals surface area contributed by atoms with E-state index < -0.39 is 0 Å². The largest absolute Gasteiger partial charge is 0.443 e. The summed E-state index contributed by atoms with van der Waals surface area (Å²) in [5, 5.41) is 0. The number of hydrogen-bond donors (Lipinski definition) is 0. The summed E-state index contributed by atoms with van der Waals surface area (Å²) in [6.45, 7) is 7.30. The molecule has 0 unspecified atom stereocenters. The molecule has 2 aromatic heterocycles. The first-order valence-electron chi connectivity index (χ1n) is 4.41. The highest BCUT2D eigenvalue weighted by Crippen LogP contribution is 2.02. The van der Waals surface area contributed by atoms with Crippen LogP contribution in [0.25, 0.3) is 12.2 Å². The van der Waals surface area contributed by atoms with Crippen LogP contribution in [0.5, 0.6) is 0 Å². The Labute approximate surface area is 98.5 Å². The third kappa shape index (κ3) is 2.41. The Morgan fingerprint density at radius 3 is 1.67 bits per heavy atom. The van der Waals surface area contributed by atoms with Crippen LogP contribution in [-0.4, -0.2) is 0 Å². The molecule has 0 saturated heterocycles. The van der Waals surface area contributed by atoms with Crippen molar-refractivity contribution in [2.45, 2.75) is 0 Å². The standard InChI is InChI=1S/C12H10IO2/c1-3-9-5-7-11(14-9)13-12-8-6-10(4-2)15-12/h3-8H,1-2H2/q+1. The van der Waals surface area contributed by atoms with Gasteiger partial charge in [-0.3, -0.25) is 0 Å². The van der Waals surface area contributed by atoms with E-state index in [1.807, 2.05) is 24.3 Å². The smallest absolute Gasteiger partial charge is 0.419 e. The molecule has 0 radical (unpaired) electrons. The lowest BCUT2D eigenvalue weighted by atomic mass is 10.5. The summed E-state index contributed by atoms with van der Waals surface area (Å²) in [6, 6.07) is 7.78. The molecule has 0 aliphatic carbocycles. The topological polar surface area (TPSA) is 26.3 Å². The minimum Gasteiger partial charge on any atom is -0.419 e. The Morgan fingerprint density at radius 2 is 1.33 bits per heavy atom. The molecule has 2 aromatic rings. The second kappa shape index (κ2) is 4.53. The first-order valence-corrected chi connectivity index (χ1v) is 6.57.